The zero-order valence-electron chi connectivity index (χ0n) is 17.1. The van der Waals surface area contributed by atoms with Crippen LogP contribution in [0.2, 0.25) is 0 Å². The Morgan fingerprint density at radius 3 is 2.48 bits per heavy atom. The number of rotatable bonds is 4. The first-order valence-electron chi connectivity index (χ1n) is 10.0. The van der Waals surface area contributed by atoms with Gasteiger partial charge in [0.25, 0.3) is 5.91 Å². The van der Waals surface area contributed by atoms with Gasteiger partial charge in [-0.1, -0.05) is 44.2 Å². The maximum absolute atomic E-state index is 13.1. The molecule has 0 saturated carbocycles. The number of anilines is 1. The zero-order chi connectivity index (χ0) is 20.4. The van der Waals surface area contributed by atoms with Crippen molar-refractivity contribution in [2.24, 2.45) is 0 Å². The van der Waals surface area contributed by atoms with Crippen molar-refractivity contribution in [2.45, 2.75) is 26.7 Å². The van der Waals surface area contributed by atoms with Gasteiger partial charge in [0.05, 0.1) is 17.5 Å². The minimum atomic E-state index is 0.0130. The van der Waals surface area contributed by atoms with Crippen molar-refractivity contribution in [1.29, 1.82) is 0 Å². The van der Waals surface area contributed by atoms with E-state index in [9.17, 15) is 4.79 Å². The number of hydrogen-bond acceptors (Lipinski definition) is 5. The summed E-state index contributed by atoms with van der Waals surface area (Å²) in [7, 11) is 0. The summed E-state index contributed by atoms with van der Waals surface area (Å²) in [5.74, 6) is 2.11. The third kappa shape index (κ3) is 3.99. The molecule has 7 heteroatoms. The standard InChI is InChI=1S/C22H26N6O/c1-15(2)21-24-16(3)13-19(25-21)27-9-11-28(12-10-27)22(29)18-14-23-26-20(18)17-7-5-4-6-8-17/h4-8,13-15H,9-12H2,1-3H3,(H,23,26). The molecule has 2 aromatic heterocycles. The molecule has 4 rings (SSSR count). The molecule has 3 aromatic rings. The van der Waals surface area contributed by atoms with Crippen molar-refractivity contribution >= 4 is 11.7 Å². The SMILES string of the molecule is Cc1cc(N2CCN(C(=O)c3cn[nH]c3-c3ccccc3)CC2)nc(C(C)C)n1. The number of aromatic amines is 1. The maximum Gasteiger partial charge on any atom is 0.257 e. The van der Waals surface area contributed by atoms with E-state index >= 15 is 0 Å². The highest BCUT2D eigenvalue weighted by Crippen LogP contribution is 2.23. The van der Waals surface area contributed by atoms with E-state index in [2.05, 4.69) is 33.9 Å². The largest absolute Gasteiger partial charge is 0.353 e. The summed E-state index contributed by atoms with van der Waals surface area (Å²) in [4.78, 5) is 26.5. The van der Waals surface area contributed by atoms with Gasteiger partial charge in [0, 0.05) is 49.4 Å². The Hall–Kier alpha value is -3.22. The fraction of sp³-hybridized carbons (Fsp3) is 0.364. The van der Waals surface area contributed by atoms with Crippen molar-refractivity contribution in [2.75, 3.05) is 31.1 Å². The maximum atomic E-state index is 13.1. The number of carbonyl (C=O) groups is 1. The number of amides is 1. The number of carbonyl (C=O) groups excluding carboxylic acids is 1. The lowest BCUT2D eigenvalue weighted by molar-refractivity contribution is 0.0747. The lowest BCUT2D eigenvalue weighted by Crippen LogP contribution is -2.49. The number of piperazine rings is 1. The third-order valence-electron chi connectivity index (χ3n) is 5.20. The molecule has 1 aromatic carbocycles. The van der Waals surface area contributed by atoms with Gasteiger partial charge < -0.3 is 9.80 Å². The number of benzene rings is 1. The van der Waals surface area contributed by atoms with Gasteiger partial charge in [0.15, 0.2) is 0 Å². The van der Waals surface area contributed by atoms with Gasteiger partial charge in [-0.2, -0.15) is 5.10 Å². The Balaban J connectivity index is 1.47. The van der Waals surface area contributed by atoms with Gasteiger partial charge in [-0.25, -0.2) is 9.97 Å². The molecular formula is C22H26N6O. The summed E-state index contributed by atoms with van der Waals surface area (Å²) in [5.41, 5.74) is 3.32. The molecule has 1 aliphatic heterocycles. The molecule has 0 bridgehead atoms. The predicted molar refractivity (Wildman–Crippen MR) is 113 cm³/mol. The van der Waals surface area contributed by atoms with Crippen LogP contribution in [-0.2, 0) is 0 Å². The summed E-state index contributed by atoms with van der Waals surface area (Å²) in [6.07, 6.45) is 1.62. The van der Waals surface area contributed by atoms with E-state index in [1.807, 2.05) is 48.2 Å². The molecule has 29 heavy (non-hydrogen) atoms. The second-order valence-electron chi connectivity index (χ2n) is 7.68. The normalized spacial score (nSPS) is 14.5. The van der Waals surface area contributed by atoms with Crippen molar-refractivity contribution in [1.82, 2.24) is 25.1 Å². The first-order chi connectivity index (χ1) is 14.0. The van der Waals surface area contributed by atoms with Crippen LogP contribution in [0.15, 0.2) is 42.6 Å². The number of aryl methyl sites for hydroxylation is 1. The minimum Gasteiger partial charge on any atom is -0.353 e. The third-order valence-corrected chi connectivity index (χ3v) is 5.20. The molecule has 1 aliphatic rings. The van der Waals surface area contributed by atoms with Gasteiger partial charge in [0.2, 0.25) is 0 Å². The number of aromatic nitrogens is 4. The molecule has 150 valence electrons. The molecular weight excluding hydrogens is 364 g/mol. The Morgan fingerprint density at radius 2 is 1.79 bits per heavy atom. The second-order valence-corrected chi connectivity index (χ2v) is 7.68. The highest BCUT2D eigenvalue weighted by molar-refractivity contribution is 5.99. The Morgan fingerprint density at radius 1 is 1.07 bits per heavy atom. The van der Waals surface area contributed by atoms with E-state index in [1.165, 1.54) is 0 Å². The first kappa shape index (κ1) is 19.1. The first-order valence-corrected chi connectivity index (χ1v) is 10.0. The summed E-state index contributed by atoms with van der Waals surface area (Å²) < 4.78 is 0. The summed E-state index contributed by atoms with van der Waals surface area (Å²) >= 11 is 0. The van der Waals surface area contributed by atoms with Crippen LogP contribution < -0.4 is 4.90 Å². The molecule has 0 unspecified atom stereocenters. The van der Waals surface area contributed by atoms with Crippen LogP contribution in [0, 0.1) is 6.92 Å². The fourth-order valence-electron chi connectivity index (χ4n) is 3.58. The van der Waals surface area contributed by atoms with Crippen LogP contribution in [-0.4, -0.2) is 57.2 Å². The number of nitrogens with zero attached hydrogens (tertiary/aromatic N) is 5. The quantitative estimate of drug-likeness (QED) is 0.740. The van der Waals surface area contributed by atoms with E-state index in [1.54, 1.807) is 6.20 Å². The van der Waals surface area contributed by atoms with Crippen LogP contribution >= 0.6 is 0 Å². The van der Waals surface area contributed by atoms with E-state index in [-0.39, 0.29) is 11.8 Å². The van der Waals surface area contributed by atoms with Gasteiger partial charge in [0.1, 0.15) is 11.6 Å². The molecule has 1 saturated heterocycles. The minimum absolute atomic E-state index is 0.0130. The molecule has 1 N–H and O–H groups in total. The van der Waals surface area contributed by atoms with E-state index in [0.29, 0.717) is 18.7 Å². The summed E-state index contributed by atoms with van der Waals surface area (Å²) in [6.45, 7) is 9.00. The van der Waals surface area contributed by atoms with Crippen LogP contribution in [0.5, 0.6) is 0 Å². The van der Waals surface area contributed by atoms with Crippen molar-refractivity contribution in [3.63, 3.8) is 0 Å². The van der Waals surface area contributed by atoms with E-state index < -0.39 is 0 Å². The highest BCUT2D eigenvalue weighted by atomic mass is 16.2. The molecule has 1 fully saturated rings. The second kappa shape index (κ2) is 8.03. The topological polar surface area (TPSA) is 78.0 Å². The van der Waals surface area contributed by atoms with Crippen LogP contribution in [0.3, 0.4) is 0 Å². The zero-order valence-corrected chi connectivity index (χ0v) is 17.1. The van der Waals surface area contributed by atoms with Crippen molar-refractivity contribution in [3.05, 3.63) is 59.7 Å². The monoisotopic (exact) mass is 390 g/mol. The lowest BCUT2D eigenvalue weighted by atomic mass is 10.1. The van der Waals surface area contributed by atoms with Crippen molar-refractivity contribution in [3.8, 4) is 11.3 Å². The van der Waals surface area contributed by atoms with Gasteiger partial charge in [-0.15, -0.1) is 0 Å². The summed E-state index contributed by atoms with van der Waals surface area (Å²) in [5, 5.41) is 7.09. The molecule has 0 atom stereocenters. The number of H-pyrrole nitrogens is 1. The molecule has 0 radical (unpaired) electrons. The highest BCUT2D eigenvalue weighted by Gasteiger charge is 2.26. The van der Waals surface area contributed by atoms with Crippen LogP contribution in [0.4, 0.5) is 5.82 Å². The van der Waals surface area contributed by atoms with Gasteiger partial charge >= 0.3 is 0 Å². The van der Waals surface area contributed by atoms with Crippen LogP contribution in [0.1, 0.15) is 41.6 Å². The Labute approximate surface area is 170 Å². The van der Waals surface area contributed by atoms with Crippen molar-refractivity contribution < 1.29 is 4.79 Å². The van der Waals surface area contributed by atoms with E-state index in [4.69, 9.17) is 4.98 Å². The Bertz CT molecular complexity index is 990. The molecule has 0 aliphatic carbocycles. The average molecular weight is 390 g/mol. The predicted octanol–water partition coefficient (Wildman–Crippen LogP) is 3.26. The van der Waals surface area contributed by atoms with Crippen LogP contribution in [0.25, 0.3) is 11.3 Å². The fourth-order valence-corrected chi connectivity index (χ4v) is 3.58. The molecule has 1 amide bonds. The summed E-state index contributed by atoms with van der Waals surface area (Å²) in [6, 6.07) is 11.8. The molecule has 7 nitrogen and oxygen atoms in total. The number of hydrogen-bond donors (Lipinski definition) is 1. The van der Waals surface area contributed by atoms with Gasteiger partial charge in [-0.05, 0) is 6.92 Å². The Kier molecular flexibility index (Phi) is 5.29. The molecule has 0 spiro atoms. The smallest absolute Gasteiger partial charge is 0.257 e. The molecule has 3 heterocycles. The van der Waals surface area contributed by atoms with E-state index in [0.717, 1.165) is 41.7 Å². The average Bonchev–Trinajstić information content (AvgIpc) is 3.23. The number of nitrogens with one attached hydrogen (secondary N) is 1. The lowest BCUT2D eigenvalue weighted by Gasteiger charge is -2.35. The van der Waals surface area contributed by atoms with Gasteiger partial charge in [-0.3, -0.25) is 9.89 Å².